The summed E-state index contributed by atoms with van der Waals surface area (Å²) in [6.07, 6.45) is 3.98. The summed E-state index contributed by atoms with van der Waals surface area (Å²) < 4.78 is 5.83. The van der Waals surface area contributed by atoms with Crippen molar-refractivity contribution in [2.45, 2.75) is 49.5 Å². The molecule has 2 aliphatic heterocycles. The van der Waals surface area contributed by atoms with Crippen LogP contribution in [0.2, 0.25) is 0 Å². The number of carbonyl (C=O) groups excluding carboxylic acids is 1. The molecule has 0 aliphatic carbocycles. The standard InChI is InChI=1S/C18H21NO3S2/c1-19-12-6-7-13(19)11-14(10-12)22-17(20)18(21,15-4-2-8-23-15)16-5-3-9-24-16/h2-5,8-9,12-14,21H,6-7,10-11H2,1H3/t12-,13+,14?. The second-order valence-electron chi connectivity index (χ2n) is 6.71. The van der Waals surface area contributed by atoms with Crippen LogP contribution in [0.5, 0.6) is 0 Å². The number of hydrogen-bond acceptors (Lipinski definition) is 6. The van der Waals surface area contributed by atoms with Crippen molar-refractivity contribution in [2.24, 2.45) is 0 Å². The summed E-state index contributed by atoms with van der Waals surface area (Å²) in [6.45, 7) is 0. The van der Waals surface area contributed by atoms with E-state index in [1.807, 2.05) is 22.9 Å². The van der Waals surface area contributed by atoms with Crippen LogP contribution in [0, 0.1) is 0 Å². The van der Waals surface area contributed by atoms with Crippen molar-refractivity contribution in [1.82, 2.24) is 4.90 Å². The Morgan fingerprint density at radius 2 is 1.71 bits per heavy atom. The Balaban J connectivity index is 1.57. The van der Waals surface area contributed by atoms with Gasteiger partial charge in [0.15, 0.2) is 0 Å². The van der Waals surface area contributed by atoms with Crippen LogP contribution in [0.1, 0.15) is 35.4 Å². The predicted octanol–water partition coefficient (Wildman–Crippen LogP) is 3.21. The predicted molar refractivity (Wildman–Crippen MR) is 95.3 cm³/mol. The summed E-state index contributed by atoms with van der Waals surface area (Å²) in [6, 6.07) is 8.29. The molecule has 1 N–H and O–H groups in total. The highest BCUT2D eigenvalue weighted by Gasteiger charge is 2.47. The molecule has 2 bridgehead atoms. The smallest absolute Gasteiger partial charge is 0.349 e. The van der Waals surface area contributed by atoms with Gasteiger partial charge in [0, 0.05) is 12.1 Å². The Morgan fingerprint density at radius 1 is 1.17 bits per heavy atom. The minimum absolute atomic E-state index is 0.0994. The first-order valence-corrected chi connectivity index (χ1v) is 10.1. The van der Waals surface area contributed by atoms with Crippen LogP contribution in [0.25, 0.3) is 0 Å². The average Bonchev–Trinajstić information content (AvgIpc) is 3.30. The lowest BCUT2D eigenvalue weighted by Crippen LogP contribution is -2.46. The fraction of sp³-hybridized carbons (Fsp3) is 0.500. The van der Waals surface area contributed by atoms with Crippen LogP contribution in [0.15, 0.2) is 35.0 Å². The van der Waals surface area contributed by atoms with Gasteiger partial charge in [-0.05, 0) is 55.6 Å². The maximum atomic E-state index is 13.0. The van der Waals surface area contributed by atoms with E-state index in [-0.39, 0.29) is 6.10 Å². The van der Waals surface area contributed by atoms with Crippen LogP contribution in [-0.4, -0.2) is 41.2 Å². The minimum Gasteiger partial charge on any atom is -0.460 e. The molecule has 2 aliphatic rings. The van der Waals surface area contributed by atoms with Gasteiger partial charge < -0.3 is 14.7 Å². The van der Waals surface area contributed by atoms with Gasteiger partial charge in [-0.25, -0.2) is 4.79 Å². The third-order valence-corrected chi connectivity index (χ3v) is 7.34. The first-order valence-electron chi connectivity index (χ1n) is 8.32. The Bertz CT molecular complexity index is 650. The fourth-order valence-corrected chi connectivity index (χ4v) is 5.70. The van der Waals surface area contributed by atoms with Gasteiger partial charge in [0.25, 0.3) is 0 Å². The van der Waals surface area contributed by atoms with Gasteiger partial charge in [-0.3, -0.25) is 0 Å². The number of thiophene rings is 2. The Morgan fingerprint density at radius 3 is 2.17 bits per heavy atom. The molecule has 2 fully saturated rings. The van der Waals surface area contributed by atoms with E-state index < -0.39 is 11.6 Å². The molecule has 1 unspecified atom stereocenters. The van der Waals surface area contributed by atoms with Gasteiger partial charge in [0.1, 0.15) is 6.10 Å². The quantitative estimate of drug-likeness (QED) is 0.848. The summed E-state index contributed by atoms with van der Waals surface area (Å²) in [7, 11) is 2.16. The zero-order valence-electron chi connectivity index (χ0n) is 13.6. The summed E-state index contributed by atoms with van der Waals surface area (Å²) in [5.74, 6) is -0.540. The molecule has 128 valence electrons. The molecule has 2 saturated heterocycles. The van der Waals surface area contributed by atoms with Crippen LogP contribution in [0.4, 0.5) is 0 Å². The molecule has 0 radical (unpaired) electrons. The molecule has 24 heavy (non-hydrogen) atoms. The summed E-state index contributed by atoms with van der Waals surface area (Å²) in [5.41, 5.74) is -1.69. The number of esters is 1. The van der Waals surface area contributed by atoms with Gasteiger partial charge in [-0.15, -0.1) is 22.7 Å². The lowest BCUT2D eigenvalue weighted by atomic mass is 9.98. The Hall–Kier alpha value is -1.21. The van der Waals surface area contributed by atoms with Gasteiger partial charge in [-0.2, -0.15) is 0 Å². The molecule has 2 aromatic rings. The second kappa shape index (κ2) is 6.26. The van der Waals surface area contributed by atoms with Crippen LogP contribution >= 0.6 is 22.7 Å². The zero-order chi connectivity index (χ0) is 16.7. The van der Waals surface area contributed by atoms with Crippen molar-refractivity contribution < 1.29 is 14.6 Å². The number of piperidine rings is 1. The first-order chi connectivity index (χ1) is 11.6. The van der Waals surface area contributed by atoms with E-state index in [0.717, 1.165) is 12.8 Å². The van der Waals surface area contributed by atoms with Crippen molar-refractivity contribution >= 4 is 28.6 Å². The van der Waals surface area contributed by atoms with Crippen molar-refractivity contribution in [1.29, 1.82) is 0 Å². The van der Waals surface area contributed by atoms with Gasteiger partial charge in [0.2, 0.25) is 5.60 Å². The fourth-order valence-electron chi connectivity index (χ4n) is 3.99. The molecule has 2 aromatic heterocycles. The van der Waals surface area contributed by atoms with Crippen molar-refractivity contribution in [2.75, 3.05) is 7.05 Å². The monoisotopic (exact) mass is 363 g/mol. The summed E-state index contributed by atoms with van der Waals surface area (Å²) in [5, 5.41) is 15.0. The number of nitrogens with zero attached hydrogens (tertiary/aromatic N) is 1. The third-order valence-electron chi connectivity index (χ3n) is 5.38. The van der Waals surface area contributed by atoms with Gasteiger partial charge >= 0.3 is 5.97 Å². The summed E-state index contributed by atoms with van der Waals surface area (Å²) in [4.78, 5) is 16.6. The topological polar surface area (TPSA) is 49.8 Å². The van der Waals surface area contributed by atoms with Crippen LogP contribution in [0.3, 0.4) is 0 Å². The maximum absolute atomic E-state index is 13.0. The number of aliphatic hydroxyl groups is 1. The van der Waals surface area contributed by atoms with Crippen molar-refractivity contribution in [3.8, 4) is 0 Å². The molecule has 0 saturated carbocycles. The highest BCUT2D eigenvalue weighted by atomic mass is 32.1. The Labute approximate surface area is 149 Å². The molecule has 0 aromatic carbocycles. The lowest BCUT2D eigenvalue weighted by molar-refractivity contribution is -0.170. The van der Waals surface area contributed by atoms with E-state index in [4.69, 9.17) is 4.74 Å². The SMILES string of the molecule is CN1[C@@H]2CC[C@H]1CC(OC(=O)C(O)(c1cccs1)c1cccs1)C2. The average molecular weight is 364 g/mol. The molecule has 3 atom stereocenters. The third kappa shape index (κ3) is 2.62. The summed E-state index contributed by atoms with van der Waals surface area (Å²) >= 11 is 2.76. The van der Waals surface area contributed by atoms with E-state index in [2.05, 4.69) is 11.9 Å². The normalized spacial score (nSPS) is 27.3. The van der Waals surface area contributed by atoms with E-state index >= 15 is 0 Å². The number of hydrogen-bond donors (Lipinski definition) is 1. The second-order valence-corrected chi connectivity index (χ2v) is 8.61. The molecule has 4 nitrogen and oxygen atoms in total. The zero-order valence-corrected chi connectivity index (χ0v) is 15.2. The van der Waals surface area contributed by atoms with E-state index in [9.17, 15) is 9.90 Å². The molecule has 0 amide bonds. The van der Waals surface area contributed by atoms with Crippen LogP contribution in [-0.2, 0) is 15.1 Å². The molecule has 4 rings (SSSR count). The number of carbonyl (C=O) groups is 1. The molecule has 6 heteroatoms. The number of fused-ring (bicyclic) bond motifs is 2. The van der Waals surface area contributed by atoms with Crippen molar-refractivity contribution in [3.05, 3.63) is 44.8 Å². The minimum atomic E-state index is -1.69. The van der Waals surface area contributed by atoms with E-state index in [1.54, 1.807) is 12.1 Å². The largest absolute Gasteiger partial charge is 0.460 e. The van der Waals surface area contributed by atoms with Crippen LogP contribution < -0.4 is 0 Å². The van der Waals surface area contributed by atoms with E-state index in [0.29, 0.717) is 21.8 Å². The molecule has 0 spiro atoms. The molecular weight excluding hydrogens is 342 g/mol. The number of rotatable bonds is 4. The van der Waals surface area contributed by atoms with Crippen molar-refractivity contribution in [3.63, 3.8) is 0 Å². The van der Waals surface area contributed by atoms with E-state index in [1.165, 1.54) is 35.5 Å². The highest BCUT2D eigenvalue weighted by Crippen LogP contribution is 2.40. The Kier molecular flexibility index (Phi) is 4.24. The molecule has 4 heterocycles. The van der Waals surface area contributed by atoms with Gasteiger partial charge in [-0.1, -0.05) is 12.1 Å². The lowest BCUT2D eigenvalue weighted by Gasteiger charge is -2.37. The van der Waals surface area contributed by atoms with Gasteiger partial charge in [0.05, 0.1) is 9.75 Å². The number of ether oxygens (including phenoxy) is 1. The maximum Gasteiger partial charge on any atom is 0.349 e. The highest BCUT2D eigenvalue weighted by molar-refractivity contribution is 7.12. The molecular formula is C18H21NO3S2. The first kappa shape index (κ1) is 16.3.